The number of carbonyl (C=O) groups excluding carboxylic acids is 1. The van der Waals surface area contributed by atoms with Gasteiger partial charge in [0.1, 0.15) is 0 Å². The van der Waals surface area contributed by atoms with Gasteiger partial charge in [-0.1, -0.05) is 12.1 Å². The minimum absolute atomic E-state index is 0.166. The van der Waals surface area contributed by atoms with Crippen LogP contribution in [-0.2, 0) is 0 Å². The second-order valence-corrected chi connectivity index (χ2v) is 5.00. The minimum atomic E-state index is -0.336. The Hall–Kier alpha value is -1.73. The standard InChI is InChI=1S/C12H16N4O2S/c1-4-13-8(3)9-6-19-12(14-9)15-11(17)10-5-7(2)16-18-10/h5-6,8,13H,4H2,1-3H3,(H,14,15,17). The number of carbonyl (C=O) groups is 1. The fourth-order valence-electron chi connectivity index (χ4n) is 1.58. The maximum atomic E-state index is 11.8. The third-order valence-corrected chi connectivity index (χ3v) is 3.32. The number of nitrogens with one attached hydrogen (secondary N) is 2. The van der Waals surface area contributed by atoms with Gasteiger partial charge in [0.05, 0.1) is 11.4 Å². The van der Waals surface area contributed by atoms with Crippen molar-refractivity contribution in [1.82, 2.24) is 15.5 Å². The minimum Gasteiger partial charge on any atom is -0.351 e. The van der Waals surface area contributed by atoms with Crippen LogP contribution < -0.4 is 10.6 Å². The SMILES string of the molecule is CCNC(C)c1csc(NC(=O)c2cc(C)no2)n1. The van der Waals surface area contributed by atoms with Gasteiger partial charge in [0.2, 0.25) is 5.76 Å². The van der Waals surface area contributed by atoms with E-state index in [9.17, 15) is 4.79 Å². The molecule has 0 aliphatic rings. The second-order valence-electron chi connectivity index (χ2n) is 4.14. The molecule has 1 atom stereocenters. The zero-order valence-corrected chi connectivity index (χ0v) is 11.9. The van der Waals surface area contributed by atoms with Gasteiger partial charge in [0, 0.05) is 17.5 Å². The van der Waals surface area contributed by atoms with Gasteiger partial charge < -0.3 is 9.84 Å². The molecule has 0 aromatic carbocycles. The molecule has 0 fully saturated rings. The summed E-state index contributed by atoms with van der Waals surface area (Å²) < 4.78 is 4.89. The Bertz CT molecular complexity index is 564. The number of nitrogens with zero attached hydrogens (tertiary/aromatic N) is 2. The molecule has 2 heterocycles. The zero-order valence-electron chi connectivity index (χ0n) is 11.1. The van der Waals surface area contributed by atoms with E-state index >= 15 is 0 Å². The number of aryl methyl sites for hydroxylation is 1. The van der Waals surface area contributed by atoms with Gasteiger partial charge >= 0.3 is 0 Å². The number of aromatic nitrogens is 2. The lowest BCUT2D eigenvalue weighted by Crippen LogP contribution is -2.18. The zero-order chi connectivity index (χ0) is 13.8. The van der Waals surface area contributed by atoms with Crippen LogP contribution in [0.25, 0.3) is 0 Å². The molecule has 2 aromatic heterocycles. The molecule has 0 saturated carbocycles. The molecule has 102 valence electrons. The summed E-state index contributed by atoms with van der Waals surface area (Å²) in [6.07, 6.45) is 0. The van der Waals surface area contributed by atoms with Crippen LogP contribution in [0, 0.1) is 6.92 Å². The smallest absolute Gasteiger partial charge is 0.296 e. The summed E-state index contributed by atoms with van der Waals surface area (Å²) in [5, 5.41) is 12.1. The van der Waals surface area contributed by atoms with Crippen LogP contribution in [0.3, 0.4) is 0 Å². The number of amides is 1. The number of hydrogen-bond acceptors (Lipinski definition) is 6. The summed E-state index contributed by atoms with van der Waals surface area (Å²) >= 11 is 1.39. The first kappa shape index (κ1) is 13.7. The topological polar surface area (TPSA) is 80.0 Å². The highest BCUT2D eigenvalue weighted by atomic mass is 32.1. The van der Waals surface area contributed by atoms with Crippen molar-refractivity contribution >= 4 is 22.4 Å². The molecule has 2 aromatic rings. The molecule has 0 spiro atoms. The van der Waals surface area contributed by atoms with Crippen molar-refractivity contribution in [3.05, 3.63) is 28.6 Å². The summed E-state index contributed by atoms with van der Waals surface area (Å²) in [5.41, 5.74) is 1.58. The van der Waals surface area contributed by atoms with Crippen LogP contribution in [0.4, 0.5) is 5.13 Å². The van der Waals surface area contributed by atoms with E-state index in [-0.39, 0.29) is 17.7 Å². The van der Waals surface area contributed by atoms with Gasteiger partial charge in [0.25, 0.3) is 5.91 Å². The van der Waals surface area contributed by atoms with Gasteiger partial charge in [-0.3, -0.25) is 10.1 Å². The molecule has 7 heteroatoms. The summed E-state index contributed by atoms with van der Waals surface area (Å²) in [6, 6.07) is 1.75. The Kier molecular flexibility index (Phi) is 4.28. The maximum absolute atomic E-state index is 11.8. The van der Waals surface area contributed by atoms with Crippen LogP contribution in [0.1, 0.15) is 41.8 Å². The molecule has 1 amide bonds. The summed E-state index contributed by atoms with van der Waals surface area (Å²) in [4.78, 5) is 16.2. The van der Waals surface area contributed by atoms with Gasteiger partial charge in [-0.15, -0.1) is 11.3 Å². The predicted molar refractivity (Wildman–Crippen MR) is 73.4 cm³/mol. The highest BCUT2D eigenvalue weighted by Crippen LogP contribution is 2.21. The normalized spacial score (nSPS) is 12.4. The van der Waals surface area contributed by atoms with Crippen LogP contribution in [-0.4, -0.2) is 22.6 Å². The molecular formula is C12H16N4O2S. The molecule has 0 bridgehead atoms. The Morgan fingerprint density at radius 2 is 2.37 bits per heavy atom. The van der Waals surface area contributed by atoms with Gasteiger partial charge in [-0.2, -0.15) is 0 Å². The van der Waals surface area contributed by atoms with Crippen molar-refractivity contribution in [1.29, 1.82) is 0 Å². The van der Waals surface area contributed by atoms with Crippen molar-refractivity contribution in [2.75, 3.05) is 11.9 Å². The fourth-order valence-corrected chi connectivity index (χ4v) is 2.38. The van der Waals surface area contributed by atoms with Crippen molar-refractivity contribution in [3.8, 4) is 0 Å². The first-order chi connectivity index (χ1) is 9.10. The molecule has 2 N–H and O–H groups in total. The van der Waals surface area contributed by atoms with E-state index < -0.39 is 0 Å². The van der Waals surface area contributed by atoms with Crippen LogP contribution in [0.5, 0.6) is 0 Å². The van der Waals surface area contributed by atoms with Gasteiger partial charge in [-0.25, -0.2) is 4.98 Å². The fraction of sp³-hybridized carbons (Fsp3) is 0.417. The van der Waals surface area contributed by atoms with Gasteiger partial charge in [0.15, 0.2) is 5.13 Å². The molecule has 19 heavy (non-hydrogen) atoms. The van der Waals surface area contributed by atoms with Crippen molar-refractivity contribution in [2.24, 2.45) is 0 Å². The third kappa shape index (κ3) is 3.39. The lowest BCUT2D eigenvalue weighted by molar-refractivity contribution is 0.0988. The molecule has 1 unspecified atom stereocenters. The predicted octanol–water partition coefficient (Wildman–Crippen LogP) is 2.36. The van der Waals surface area contributed by atoms with Gasteiger partial charge in [-0.05, 0) is 20.4 Å². The van der Waals surface area contributed by atoms with E-state index in [1.165, 1.54) is 11.3 Å². The number of hydrogen-bond donors (Lipinski definition) is 2. The highest BCUT2D eigenvalue weighted by Gasteiger charge is 2.15. The summed E-state index contributed by atoms with van der Waals surface area (Å²) in [6.45, 7) is 6.71. The Balaban J connectivity index is 2.02. The molecule has 0 aliphatic heterocycles. The second kappa shape index (κ2) is 5.94. The Morgan fingerprint density at radius 3 is 3.00 bits per heavy atom. The number of thiazole rings is 1. The van der Waals surface area contributed by atoms with E-state index in [0.717, 1.165) is 12.2 Å². The molecule has 0 saturated heterocycles. The van der Waals surface area contributed by atoms with E-state index in [0.29, 0.717) is 10.8 Å². The average molecular weight is 280 g/mol. The largest absolute Gasteiger partial charge is 0.351 e. The quantitative estimate of drug-likeness (QED) is 0.879. The molecular weight excluding hydrogens is 264 g/mol. The van der Waals surface area contributed by atoms with Crippen LogP contribution in [0.2, 0.25) is 0 Å². The van der Waals surface area contributed by atoms with Crippen molar-refractivity contribution in [3.63, 3.8) is 0 Å². The number of anilines is 1. The maximum Gasteiger partial charge on any atom is 0.296 e. The van der Waals surface area contributed by atoms with E-state index in [4.69, 9.17) is 4.52 Å². The van der Waals surface area contributed by atoms with Crippen LogP contribution in [0.15, 0.2) is 16.0 Å². The monoisotopic (exact) mass is 280 g/mol. The van der Waals surface area contributed by atoms with E-state index in [1.807, 2.05) is 19.2 Å². The molecule has 2 rings (SSSR count). The third-order valence-electron chi connectivity index (χ3n) is 2.55. The lowest BCUT2D eigenvalue weighted by Gasteiger charge is -2.08. The van der Waals surface area contributed by atoms with Crippen LogP contribution >= 0.6 is 11.3 Å². The first-order valence-corrected chi connectivity index (χ1v) is 6.91. The Labute approximate surface area is 115 Å². The molecule has 0 aliphatic carbocycles. The summed E-state index contributed by atoms with van der Waals surface area (Å²) in [5.74, 6) is -0.147. The van der Waals surface area contributed by atoms with Crippen molar-refractivity contribution in [2.45, 2.75) is 26.8 Å². The molecule has 6 nitrogen and oxygen atoms in total. The highest BCUT2D eigenvalue weighted by molar-refractivity contribution is 7.14. The molecule has 0 radical (unpaired) electrons. The van der Waals surface area contributed by atoms with E-state index in [1.54, 1.807) is 13.0 Å². The first-order valence-electron chi connectivity index (χ1n) is 6.03. The number of rotatable bonds is 5. The lowest BCUT2D eigenvalue weighted by atomic mass is 10.3. The van der Waals surface area contributed by atoms with E-state index in [2.05, 4.69) is 20.8 Å². The van der Waals surface area contributed by atoms with Crippen molar-refractivity contribution < 1.29 is 9.32 Å². The Morgan fingerprint density at radius 1 is 1.58 bits per heavy atom. The average Bonchev–Trinajstić information content (AvgIpc) is 2.98. The summed E-state index contributed by atoms with van der Waals surface area (Å²) in [7, 11) is 0.